The minimum absolute atomic E-state index is 0.0675. The van der Waals surface area contributed by atoms with Gasteiger partial charge in [-0.15, -0.1) is 0 Å². The van der Waals surface area contributed by atoms with E-state index in [0.29, 0.717) is 6.61 Å². The second kappa shape index (κ2) is 5.44. The van der Waals surface area contributed by atoms with Gasteiger partial charge in [0.05, 0.1) is 11.6 Å². The highest BCUT2D eigenvalue weighted by Crippen LogP contribution is 2.25. The van der Waals surface area contributed by atoms with E-state index in [1.807, 2.05) is 25.1 Å². The quantitative estimate of drug-likeness (QED) is 0.862. The molecule has 2 aliphatic heterocycles. The van der Waals surface area contributed by atoms with Crippen molar-refractivity contribution in [3.63, 3.8) is 0 Å². The number of fused-ring (bicyclic) bond motifs is 1. The first kappa shape index (κ1) is 13.4. The third kappa shape index (κ3) is 2.66. The number of carbonyl (C=O) groups excluding carboxylic acids is 1. The fraction of sp³-hybridized carbons (Fsp3) is 0.562. The molecule has 4 nitrogen and oxygen atoms in total. The second-order valence-electron chi connectivity index (χ2n) is 6.01. The van der Waals surface area contributed by atoms with Crippen molar-refractivity contribution in [3.8, 4) is 5.75 Å². The SMILES string of the molecule is CC1(C(=O)NC2COc3ccccc3C2)CCCCN1. The Labute approximate surface area is 119 Å². The van der Waals surface area contributed by atoms with Gasteiger partial charge in [-0.2, -0.15) is 0 Å². The molecule has 108 valence electrons. The lowest BCUT2D eigenvalue weighted by atomic mass is 9.89. The minimum atomic E-state index is -0.421. The maximum absolute atomic E-state index is 12.5. The van der Waals surface area contributed by atoms with Gasteiger partial charge >= 0.3 is 0 Å². The Morgan fingerprint density at radius 2 is 2.25 bits per heavy atom. The zero-order chi connectivity index (χ0) is 14.0. The Balaban J connectivity index is 1.63. The van der Waals surface area contributed by atoms with E-state index in [4.69, 9.17) is 4.74 Å². The van der Waals surface area contributed by atoms with E-state index >= 15 is 0 Å². The second-order valence-corrected chi connectivity index (χ2v) is 6.01. The Morgan fingerprint density at radius 3 is 3.05 bits per heavy atom. The molecule has 1 saturated heterocycles. The summed E-state index contributed by atoms with van der Waals surface area (Å²) in [5.41, 5.74) is 0.751. The number of hydrogen-bond donors (Lipinski definition) is 2. The van der Waals surface area contributed by atoms with Crippen molar-refractivity contribution in [3.05, 3.63) is 29.8 Å². The summed E-state index contributed by atoms with van der Waals surface area (Å²) in [6.07, 6.45) is 4.02. The van der Waals surface area contributed by atoms with E-state index in [2.05, 4.69) is 16.7 Å². The molecule has 0 bridgehead atoms. The summed E-state index contributed by atoms with van der Waals surface area (Å²) in [6.45, 7) is 3.48. The maximum atomic E-state index is 12.5. The molecule has 2 unspecified atom stereocenters. The van der Waals surface area contributed by atoms with E-state index in [1.165, 1.54) is 5.56 Å². The molecule has 0 radical (unpaired) electrons. The van der Waals surface area contributed by atoms with Crippen LogP contribution >= 0.6 is 0 Å². The van der Waals surface area contributed by atoms with Crippen LogP contribution in [0.5, 0.6) is 5.75 Å². The zero-order valence-corrected chi connectivity index (χ0v) is 11.9. The van der Waals surface area contributed by atoms with E-state index in [-0.39, 0.29) is 11.9 Å². The largest absolute Gasteiger partial charge is 0.491 e. The predicted molar refractivity (Wildman–Crippen MR) is 77.8 cm³/mol. The number of benzene rings is 1. The molecule has 0 aromatic heterocycles. The average Bonchev–Trinajstić information content (AvgIpc) is 2.48. The number of amides is 1. The number of hydrogen-bond acceptors (Lipinski definition) is 3. The van der Waals surface area contributed by atoms with E-state index in [1.54, 1.807) is 0 Å². The lowest BCUT2D eigenvalue weighted by Crippen LogP contribution is -2.59. The third-order valence-electron chi connectivity index (χ3n) is 4.33. The van der Waals surface area contributed by atoms with Crippen LogP contribution in [0.3, 0.4) is 0 Å². The molecule has 0 spiro atoms. The molecular formula is C16H22N2O2. The van der Waals surface area contributed by atoms with Gasteiger partial charge in [0.1, 0.15) is 12.4 Å². The normalized spacial score (nSPS) is 29.1. The molecule has 2 aliphatic rings. The van der Waals surface area contributed by atoms with Crippen molar-refractivity contribution in [2.75, 3.05) is 13.2 Å². The van der Waals surface area contributed by atoms with Crippen molar-refractivity contribution in [1.82, 2.24) is 10.6 Å². The van der Waals surface area contributed by atoms with Gasteiger partial charge in [0.25, 0.3) is 0 Å². The number of carbonyl (C=O) groups is 1. The molecule has 1 aromatic rings. The summed E-state index contributed by atoms with van der Waals surface area (Å²) >= 11 is 0. The van der Waals surface area contributed by atoms with Crippen LogP contribution in [-0.2, 0) is 11.2 Å². The molecule has 0 aliphatic carbocycles. The van der Waals surface area contributed by atoms with E-state index in [0.717, 1.165) is 38.0 Å². The van der Waals surface area contributed by atoms with Gasteiger partial charge in [0.15, 0.2) is 0 Å². The number of piperidine rings is 1. The van der Waals surface area contributed by atoms with Crippen LogP contribution < -0.4 is 15.4 Å². The first-order valence-electron chi connectivity index (χ1n) is 7.44. The standard InChI is InChI=1S/C16H22N2O2/c1-16(8-4-5-9-17-16)15(19)18-13-10-12-6-2-3-7-14(12)20-11-13/h2-3,6-7,13,17H,4-5,8-11H2,1H3,(H,18,19). The fourth-order valence-electron chi connectivity index (χ4n) is 3.02. The predicted octanol–water partition coefficient (Wildman–Crippen LogP) is 1.64. The van der Waals surface area contributed by atoms with Gasteiger partial charge in [-0.25, -0.2) is 0 Å². The first-order valence-corrected chi connectivity index (χ1v) is 7.44. The lowest BCUT2D eigenvalue weighted by Gasteiger charge is -2.35. The Hall–Kier alpha value is -1.55. The van der Waals surface area contributed by atoms with Crippen LogP contribution in [0.25, 0.3) is 0 Å². The molecule has 1 fully saturated rings. The minimum Gasteiger partial charge on any atom is -0.491 e. The Kier molecular flexibility index (Phi) is 3.66. The summed E-state index contributed by atoms with van der Waals surface area (Å²) in [4.78, 5) is 12.5. The van der Waals surface area contributed by atoms with Gasteiger partial charge in [-0.3, -0.25) is 4.79 Å². The smallest absolute Gasteiger partial charge is 0.240 e. The molecule has 0 saturated carbocycles. The molecule has 3 rings (SSSR count). The molecule has 4 heteroatoms. The molecule has 1 amide bonds. The lowest BCUT2D eigenvalue weighted by molar-refractivity contribution is -0.129. The van der Waals surface area contributed by atoms with Crippen LogP contribution in [0.4, 0.5) is 0 Å². The van der Waals surface area contributed by atoms with E-state index < -0.39 is 5.54 Å². The number of ether oxygens (including phenoxy) is 1. The monoisotopic (exact) mass is 274 g/mol. The number of rotatable bonds is 2. The van der Waals surface area contributed by atoms with Crippen molar-refractivity contribution < 1.29 is 9.53 Å². The van der Waals surface area contributed by atoms with E-state index in [9.17, 15) is 4.79 Å². The third-order valence-corrected chi connectivity index (χ3v) is 4.33. The van der Waals surface area contributed by atoms with Crippen LogP contribution in [0, 0.1) is 0 Å². The summed E-state index contributed by atoms with van der Waals surface area (Å²) < 4.78 is 5.72. The Morgan fingerprint density at radius 1 is 1.40 bits per heavy atom. The maximum Gasteiger partial charge on any atom is 0.240 e. The highest BCUT2D eigenvalue weighted by Gasteiger charge is 2.35. The molecule has 20 heavy (non-hydrogen) atoms. The van der Waals surface area contributed by atoms with Crippen molar-refractivity contribution in [1.29, 1.82) is 0 Å². The van der Waals surface area contributed by atoms with Crippen LogP contribution in [0.2, 0.25) is 0 Å². The summed E-state index contributed by atoms with van der Waals surface area (Å²) in [5, 5.41) is 6.49. The molecule has 2 N–H and O–H groups in total. The fourth-order valence-corrected chi connectivity index (χ4v) is 3.02. The van der Waals surface area contributed by atoms with Gasteiger partial charge in [0.2, 0.25) is 5.91 Å². The topological polar surface area (TPSA) is 50.4 Å². The van der Waals surface area contributed by atoms with Crippen molar-refractivity contribution in [2.24, 2.45) is 0 Å². The van der Waals surface area contributed by atoms with Gasteiger partial charge in [-0.1, -0.05) is 18.2 Å². The highest BCUT2D eigenvalue weighted by molar-refractivity contribution is 5.86. The Bertz CT molecular complexity index is 495. The highest BCUT2D eigenvalue weighted by atomic mass is 16.5. The molecule has 2 atom stereocenters. The van der Waals surface area contributed by atoms with Crippen LogP contribution in [-0.4, -0.2) is 30.6 Å². The molecule has 2 heterocycles. The molecule has 1 aromatic carbocycles. The zero-order valence-electron chi connectivity index (χ0n) is 11.9. The van der Waals surface area contributed by atoms with Crippen LogP contribution in [0.15, 0.2) is 24.3 Å². The van der Waals surface area contributed by atoms with Crippen molar-refractivity contribution >= 4 is 5.91 Å². The number of para-hydroxylation sites is 1. The molecular weight excluding hydrogens is 252 g/mol. The first-order chi connectivity index (χ1) is 9.67. The van der Waals surface area contributed by atoms with Gasteiger partial charge < -0.3 is 15.4 Å². The van der Waals surface area contributed by atoms with Gasteiger partial charge in [0, 0.05) is 0 Å². The summed E-state index contributed by atoms with van der Waals surface area (Å²) in [7, 11) is 0. The summed E-state index contributed by atoms with van der Waals surface area (Å²) in [5.74, 6) is 1.05. The van der Waals surface area contributed by atoms with Crippen LogP contribution in [0.1, 0.15) is 31.7 Å². The van der Waals surface area contributed by atoms with Gasteiger partial charge in [-0.05, 0) is 50.8 Å². The van der Waals surface area contributed by atoms with Crippen molar-refractivity contribution in [2.45, 2.75) is 44.2 Å². The average molecular weight is 274 g/mol. The summed E-state index contributed by atoms with van der Waals surface area (Å²) in [6, 6.07) is 8.10. The number of nitrogens with one attached hydrogen (secondary N) is 2.